The van der Waals surface area contributed by atoms with Gasteiger partial charge >= 0.3 is 0 Å². The van der Waals surface area contributed by atoms with Crippen LogP contribution in [0.1, 0.15) is 30.5 Å². The summed E-state index contributed by atoms with van der Waals surface area (Å²) in [6.07, 6.45) is 5.19. The highest BCUT2D eigenvalue weighted by molar-refractivity contribution is 7.09. The van der Waals surface area contributed by atoms with Gasteiger partial charge in [0.1, 0.15) is 12.2 Å². The van der Waals surface area contributed by atoms with Crippen molar-refractivity contribution in [3.8, 4) is 0 Å². The van der Waals surface area contributed by atoms with E-state index in [-0.39, 0.29) is 0 Å². The first-order chi connectivity index (χ1) is 13.3. The number of thiophene rings is 1. The van der Waals surface area contributed by atoms with Crippen molar-refractivity contribution in [2.75, 3.05) is 33.2 Å². The zero-order valence-corrected chi connectivity index (χ0v) is 17.2. The van der Waals surface area contributed by atoms with E-state index in [0.717, 1.165) is 44.4 Å². The van der Waals surface area contributed by atoms with Crippen molar-refractivity contribution in [3.05, 3.63) is 34.5 Å². The molecule has 0 radical (unpaired) electrons. The number of hydrogen-bond donors (Lipinski definition) is 2. The van der Waals surface area contributed by atoms with Gasteiger partial charge in [-0.15, -0.1) is 21.5 Å². The smallest absolute Gasteiger partial charge is 0.191 e. The molecule has 1 aliphatic rings. The molecular weight excluding hydrogens is 358 g/mol. The average Bonchev–Trinajstić information content (AvgIpc) is 3.37. The Labute approximate surface area is 165 Å². The lowest BCUT2D eigenvalue weighted by Crippen LogP contribution is -2.43. The number of rotatable bonds is 8. The Hall–Kier alpha value is -1.93. The zero-order valence-electron chi connectivity index (χ0n) is 16.4. The van der Waals surface area contributed by atoms with Gasteiger partial charge in [0.05, 0.1) is 0 Å². The molecule has 3 rings (SSSR count). The molecule has 0 saturated carbocycles. The lowest BCUT2D eigenvalue weighted by molar-refractivity contribution is 0.179. The second-order valence-corrected chi connectivity index (χ2v) is 8.01. The Morgan fingerprint density at radius 2 is 2.19 bits per heavy atom. The third-order valence-corrected chi connectivity index (χ3v) is 5.97. The number of piperidine rings is 1. The Kier molecular flexibility index (Phi) is 7.65. The first-order valence-electron chi connectivity index (χ1n) is 9.84. The van der Waals surface area contributed by atoms with Crippen molar-refractivity contribution >= 4 is 17.3 Å². The second kappa shape index (κ2) is 10.4. The van der Waals surface area contributed by atoms with Crippen LogP contribution in [-0.2, 0) is 19.5 Å². The van der Waals surface area contributed by atoms with Crippen molar-refractivity contribution in [1.29, 1.82) is 0 Å². The van der Waals surface area contributed by atoms with Crippen molar-refractivity contribution < 1.29 is 0 Å². The summed E-state index contributed by atoms with van der Waals surface area (Å²) in [5, 5.41) is 17.1. The van der Waals surface area contributed by atoms with Crippen LogP contribution in [-0.4, -0.2) is 58.9 Å². The van der Waals surface area contributed by atoms with Crippen molar-refractivity contribution in [1.82, 2.24) is 30.3 Å². The van der Waals surface area contributed by atoms with E-state index in [1.807, 2.05) is 18.4 Å². The molecule has 0 unspecified atom stereocenters. The van der Waals surface area contributed by atoms with Gasteiger partial charge < -0.3 is 15.2 Å². The largest absolute Gasteiger partial charge is 0.356 e. The lowest BCUT2D eigenvalue weighted by atomic mass is 9.97. The van der Waals surface area contributed by atoms with Gasteiger partial charge in [-0.2, -0.15) is 0 Å². The Morgan fingerprint density at radius 3 is 2.89 bits per heavy atom. The fraction of sp³-hybridized carbons (Fsp3) is 0.632. The molecule has 3 heterocycles. The Balaban J connectivity index is 1.32. The van der Waals surface area contributed by atoms with Crippen LogP contribution in [0, 0.1) is 5.92 Å². The number of nitrogens with one attached hydrogen (secondary N) is 2. The van der Waals surface area contributed by atoms with E-state index in [0.29, 0.717) is 5.92 Å². The molecule has 0 spiro atoms. The summed E-state index contributed by atoms with van der Waals surface area (Å²) in [6, 6.07) is 4.37. The van der Waals surface area contributed by atoms with E-state index in [1.54, 1.807) is 6.33 Å². The molecule has 0 aliphatic carbocycles. The third kappa shape index (κ3) is 6.04. The maximum absolute atomic E-state index is 4.34. The molecule has 7 nitrogen and oxygen atoms in total. The van der Waals surface area contributed by atoms with E-state index in [9.17, 15) is 0 Å². The van der Waals surface area contributed by atoms with Crippen molar-refractivity contribution in [3.63, 3.8) is 0 Å². The number of aromatic nitrogens is 3. The van der Waals surface area contributed by atoms with E-state index >= 15 is 0 Å². The molecule has 2 N–H and O–H groups in total. The number of nitrogens with zero attached hydrogens (tertiary/aromatic N) is 5. The minimum absolute atomic E-state index is 0.715. The quantitative estimate of drug-likeness (QED) is 0.534. The van der Waals surface area contributed by atoms with Crippen LogP contribution in [0.3, 0.4) is 0 Å². The van der Waals surface area contributed by atoms with Crippen LogP contribution in [0.5, 0.6) is 0 Å². The summed E-state index contributed by atoms with van der Waals surface area (Å²) in [5.41, 5.74) is 0. The molecule has 148 valence electrons. The Morgan fingerprint density at radius 1 is 1.33 bits per heavy atom. The predicted molar refractivity (Wildman–Crippen MR) is 111 cm³/mol. The zero-order chi connectivity index (χ0) is 18.9. The molecule has 0 amide bonds. The molecule has 0 atom stereocenters. The van der Waals surface area contributed by atoms with Gasteiger partial charge in [-0.3, -0.25) is 9.89 Å². The third-order valence-electron chi connectivity index (χ3n) is 5.11. The summed E-state index contributed by atoms with van der Waals surface area (Å²) in [5.74, 6) is 2.61. The number of guanidine groups is 1. The van der Waals surface area contributed by atoms with E-state index in [1.165, 1.54) is 30.8 Å². The van der Waals surface area contributed by atoms with Gasteiger partial charge in [-0.05, 0) is 43.3 Å². The predicted octanol–water partition coefficient (Wildman–Crippen LogP) is 1.98. The molecule has 2 aromatic rings. The fourth-order valence-electron chi connectivity index (χ4n) is 3.47. The molecule has 1 aliphatic heterocycles. The van der Waals surface area contributed by atoms with Crippen molar-refractivity contribution in [2.24, 2.45) is 10.9 Å². The van der Waals surface area contributed by atoms with E-state index < -0.39 is 0 Å². The van der Waals surface area contributed by atoms with Gasteiger partial charge in [0.2, 0.25) is 0 Å². The van der Waals surface area contributed by atoms with Crippen LogP contribution < -0.4 is 10.6 Å². The first kappa shape index (κ1) is 19.8. The molecule has 1 saturated heterocycles. The summed E-state index contributed by atoms with van der Waals surface area (Å²) in [6.45, 7) is 8.21. The minimum atomic E-state index is 0.715. The van der Waals surface area contributed by atoms with Gasteiger partial charge in [0.15, 0.2) is 5.96 Å². The highest BCUT2D eigenvalue weighted by Crippen LogP contribution is 2.20. The lowest BCUT2D eigenvalue weighted by Gasteiger charge is -2.32. The molecule has 27 heavy (non-hydrogen) atoms. The van der Waals surface area contributed by atoms with Crippen molar-refractivity contribution in [2.45, 2.75) is 39.3 Å². The molecule has 8 heteroatoms. The number of aryl methyl sites for hydroxylation is 1. The van der Waals surface area contributed by atoms with Crippen LogP contribution in [0.4, 0.5) is 0 Å². The minimum Gasteiger partial charge on any atom is -0.356 e. The monoisotopic (exact) mass is 389 g/mol. The molecule has 2 aromatic heterocycles. The van der Waals surface area contributed by atoms with E-state index in [4.69, 9.17) is 0 Å². The standard InChI is InChI=1S/C19H31N7S/c1-3-18-24-23-15-26(18)11-8-21-19(20-2)22-13-16-6-9-25(10-7-16)14-17-5-4-12-27-17/h4-5,12,15-16H,3,6-11,13-14H2,1-2H3,(H2,20,21,22). The van der Waals surface area contributed by atoms with Crippen LogP contribution >= 0.6 is 11.3 Å². The maximum atomic E-state index is 4.34. The highest BCUT2D eigenvalue weighted by atomic mass is 32.1. The number of aliphatic imine (C=N–C) groups is 1. The molecular formula is C19H31N7S. The summed E-state index contributed by atoms with van der Waals surface area (Å²) in [7, 11) is 1.83. The van der Waals surface area contributed by atoms with Gasteiger partial charge in [-0.1, -0.05) is 13.0 Å². The highest BCUT2D eigenvalue weighted by Gasteiger charge is 2.19. The van der Waals surface area contributed by atoms with Crippen LogP contribution in [0.25, 0.3) is 0 Å². The first-order valence-corrected chi connectivity index (χ1v) is 10.7. The molecule has 0 aromatic carbocycles. The summed E-state index contributed by atoms with van der Waals surface area (Å²) >= 11 is 1.86. The normalized spacial score (nSPS) is 16.6. The molecule has 1 fully saturated rings. The SMILES string of the molecule is CCc1nncn1CCNC(=NC)NCC1CCN(Cc2cccs2)CC1. The second-order valence-electron chi connectivity index (χ2n) is 6.97. The average molecular weight is 390 g/mol. The van der Waals surface area contributed by atoms with Crippen LogP contribution in [0.2, 0.25) is 0 Å². The fourth-order valence-corrected chi connectivity index (χ4v) is 4.21. The van der Waals surface area contributed by atoms with Gasteiger partial charge in [0.25, 0.3) is 0 Å². The number of likely N-dealkylation sites (tertiary alicyclic amines) is 1. The summed E-state index contributed by atoms with van der Waals surface area (Å²) in [4.78, 5) is 8.38. The topological polar surface area (TPSA) is 70.4 Å². The molecule has 0 bridgehead atoms. The van der Waals surface area contributed by atoms with Crippen LogP contribution in [0.15, 0.2) is 28.8 Å². The van der Waals surface area contributed by atoms with Gasteiger partial charge in [0, 0.05) is 44.5 Å². The maximum Gasteiger partial charge on any atom is 0.191 e. The summed E-state index contributed by atoms with van der Waals surface area (Å²) < 4.78 is 2.09. The van der Waals surface area contributed by atoms with Gasteiger partial charge in [-0.25, -0.2) is 0 Å². The number of hydrogen-bond acceptors (Lipinski definition) is 5. The van der Waals surface area contributed by atoms with E-state index in [2.05, 4.69) is 59.7 Å². The Bertz CT molecular complexity index is 687.